The Kier molecular flexibility index (Phi) is 3.40. The molecule has 0 saturated heterocycles. The molecule has 0 bridgehead atoms. The highest BCUT2D eigenvalue weighted by Gasteiger charge is 2.18. The van der Waals surface area contributed by atoms with E-state index in [-0.39, 0.29) is 5.16 Å². The van der Waals surface area contributed by atoms with Gasteiger partial charge in [-0.1, -0.05) is 0 Å². The molecule has 1 aromatic heterocycles. The third kappa shape index (κ3) is 2.95. The van der Waals surface area contributed by atoms with Crippen LogP contribution in [0.2, 0.25) is 0 Å². The Morgan fingerprint density at radius 1 is 1.50 bits per heavy atom. The van der Waals surface area contributed by atoms with Crippen LogP contribution in [0.5, 0.6) is 0 Å². The molecule has 14 heavy (non-hydrogen) atoms. The highest BCUT2D eigenvalue weighted by molar-refractivity contribution is 8.00. The number of hydrogen-bond acceptors (Lipinski definition) is 4. The van der Waals surface area contributed by atoms with Gasteiger partial charge in [-0.3, -0.25) is 0 Å². The average molecular weight is 216 g/mol. The van der Waals surface area contributed by atoms with Gasteiger partial charge in [0.1, 0.15) is 0 Å². The summed E-state index contributed by atoms with van der Waals surface area (Å²) in [5, 5.41) is 8.48. The first kappa shape index (κ1) is 10.9. The van der Waals surface area contributed by atoms with Gasteiger partial charge < -0.3 is 5.11 Å². The molecular formula is C8H9FN2O2S. The SMILES string of the molecule is Cc1cc(C)nc(SC(F)C(=O)O)n1. The molecule has 1 rings (SSSR count). The summed E-state index contributed by atoms with van der Waals surface area (Å²) in [5.74, 6) is -1.52. The third-order valence-electron chi connectivity index (χ3n) is 1.36. The first-order valence-corrected chi connectivity index (χ1v) is 4.73. The summed E-state index contributed by atoms with van der Waals surface area (Å²) < 4.78 is 12.8. The lowest BCUT2D eigenvalue weighted by atomic mass is 10.4. The van der Waals surface area contributed by atoms with Crippen molar-refractivity contribution in [2.24, 2.45) is 0 Å². The second-order valence-electron chi connectivity index (χ2n) is 2.71. The lowest BCUT2D eigenvalue weighted by Gasteiger charge is -2.03. The monoisotopic (exact) mass is 216 g/mol. The van der Waals surface area contributed by atoms with Crippen molar-refractivity contribution in [3.8, 4) is 0 Å². The average Bonchev–Trinajstić information content (AvgIpc) is 2.01. The highest BCUT2D eigenvalue weighted by atomic mass is 32.2. The first-order chi connectivity index (χ1) is 6.49. The van der Waals surface area contributed by atoms with Gasteiger partial charge in [0.2, 0.25) is 5.50 Å². The minimum atomic E-state index is -2.02. The van der Waals surface area contributed by atoms with E-state index in [1.54, 1.807) is 19.9 Å². The summed E-state index contributed by atoms with van der Waals surface area (Å²) in [7, 11) is 0. The molecule has 0 aliphatic rings. The molecule has 0 radical (unpaired) electrons. The van der Waals surface area contributed by atoms with Crippen LogP contribution in [0.25, 0.3) is 0 Å². The lowest BCUT2D eigenvalue weighted by Crippen LogP contribution is -2.10. The van der Waals surface area contributed by atoms with E-state index < -0.39 is 11.5 Å². The van der Waals surface area contributed by atoms with Gasteiger partial charge in [-0.05, 0) is 31.7 Å². The quantitative estimate of drug-likeness (QED) is 0.613. The van der Waals surface area contributed by atoms with Gasteiger partial charge in [0, 0.05) is 11.4 Å². The first-order valence-electron chi connectivity index (χ1n) is 3.85. The van der Waals surface area contributed by atoms with Gasteiger partial charge in [0.05, 0.1) is 0 Å². The molecule has 6 heteroatoms. The highest BCUT2D eigenvalue weighted by Crippen LogP contribution is 2.21. The summed E-state index contributed by atoms with van der Waals surface area (Å²) in [6.45, 7) is 3.49. The summed E-state index contributed by atoms with van der Waals surface area (Å²) >= 11 is 0.492. The number of nitrogens with zero attached hydrogens (tertiary/aromatic N) is 2. The molecule has 1 aromatic rings. The molecule has 1 N–H and O–H groups in total. The van der Waals surface area contributed by atoms with Gasteiger partial charge in [-0.25, -0.2) is 19.2 Å². The number of carbonyl (C=O) groups is 1. The lowest BCUT2D eigenvalue weighted by molar-refractivity contribution is -0.139. The van der Waals surface area contributed by atoms with Gasteiger partial charge in [0.25, 0.3) is 0 Å². The molecule has 0 amide bonds. The van der Waals surface area contributed by atoms with E-state index >= 15 is 0 Å². The molecule has 0 saturated carbocycles. The minimum Gasteiger partial charge on any atom is -0.478 e. The molecule has 0 aliphatic carbocycles. The Balaban J connectivity index is 2.81. The number of aromatic nitrogens is 2. The van der Waals surface area contributed by atoms with E-state index in [1.807, 2.05) is 0 Å². The van der Waals surface area contributed by atoms with Crippen LogP contribution in [0.4, 0.5) is 4.39 Å². The predicted molar refractivity (Wildman–Crippen MR) is 49.9 cm³/mol. The molecular weight excluding hydrogens is 207 g/mol. The molecule has 0 spiro atoms. The van der Waals surface area contributed by atoms with Crippen LogP contribution in [-0.4, -0.2) is 26.5 Å². The van der Waals surface area contributed by atoms with Crippen molar-refractivity contribution >= 4 is 17.7 Å². The van der Waals surface area contributed by atoms with E-state index in [0.29, 0.717) is 23.1 Å². The number of halogens is 1. The fraction of sp³-hybridized carbons (Fsp3) is 0.375. The standard InChI is InChI=1S/C8H9FN2O2S/c1-4-3-5(2)11-8(10-4)14-6(9)7(12)13/h3,6H,1-2H3,(H,12,13). The van der Waals surface area contributed by atoms with Crippen LogP contribution in [0.15, 0.2) is 11.2 Å². The van der Waals surface area contributed by atoms with Gasteiger partial charge >= 0.3 is 5.97 Å². The molecule has 1 atom stereocenters. The smallest absolute Gasteiger partial charge is 0.349 e. The van der Waals surface area contributed by atoms with E-state index in [2.05, 4.69) is 9.97 Å². The van der Waals surface area contributed by atoms with Crippen molar-refractivity contribution in [3.05, 3.63) is 17.5 Å². The molecule has 1 unspecified atom stereocenters. The number of rotatable bonds is 3. The number of hydrogen-bond donors (Lipinski definition) is 1. The second-order valence-corrected chi connectivity index (χ2v) is 3.72. The van der Waals surface area contributed by atoms with E-state index in [4.69, 9.17) is 5.11 Å². The predicted octanol–water partition coefficient (Wildman–Crippen LogP) is 1.57. The van der Waals surface area contributed by atoms with E-state index in [9.17, 15) is 9.18 Å². The Hall–Kier alpha value is -1.17. The summed E-state index contributed by atoms with van der Waals surface area (Å²) in [4.78, 5) is 18.0. The third-order valence-corrected chi connectivity index (χ3v) is 2.17. The van der Waals surface area contributed by atoms with Crippen LogP contribution < -0.4 is 0 Å². The topological polar surface area (TPSA) is 63.1 Å². The largest absolute Gasteiger partial charge is 0.478 e. The van der Waals surface area contributed by atoms with Gasteiger partial charge in [-0.15, -0.1) is 0 Å². The van der Waals surface area contributed by atoms with Gasteiger partial charge in [-0.2, -0.15) is 0 Å². The van der Waals surface area contributed by atoms with Crippen LogP contribution >= 0.6 is 11.8 Å². The molecule has 76 valence electrons. The van der Waals surface area contributed by atoms with E-state index in [0.717, 1.165) is 0 Å². The Morgan fingerprint density at radius 3 is 2.43 bits per heavy atom. The maximum Gasteiger partial charge on any atom is 0.349 e. The van der Waals surface area contributed by atoms with Crippen LogP contribution in [0, 0.1) is 13.8 Å². The summed E-state index contributed by atoms with van der Waals surface area (Å²) in [6, 6.07) is 1.73. The maximum absolute atomic E-state index is 12.8. The van der Waals surface area contributed by atoms with Gasteiger partial charge in [0.15, 0.2) is 5.16 Å². The van der Waals surface area contributed by atoms with Crippen molar-refractivity contribution in [3.63, 3.8) is 0 Å². The number of alkyl halides is 1. The van der Waals surface area contributed by atoms with Crippen molar-refractivity contribution in [1.29, 1.82) is 0 Å². The maximum atomic E-state index is 12.8. The van der Waals surface area contributed by atoms with Crippen molar-refractivity contribution in [2.45, 2.75) is 24.5 Å². The van der Waals surface area contributed by atoms with E-state index in [1.165, 1.54) is 0 Å². The molecule has 0 aromatic carbocycles. The molecule has 4 nitrogen and oxygen atoms in total. The van der Waals surface area contributed by atoms with Crippen LogP contribution in [0.3, 0.4) is 0 Å². The number of thioether (sulfide) groups is 1. The normalized spacial score (nSPS) is 12.5. The minimum absolute atomic E-state index is 0.150. The zero-order chi connectivity index (χ0) is 10.7. The Bertz CT molecular complexity index is 339. The number of aryl methyl sites for hydroxylation is 2. The number of carboxylic acids is 1. The van der Waals surface area contributed by atoms with Crippen LogP contribution in [-0.2, 0) is 4.79 Å². The Morgan fingerprint density at radius 2 is 2.00 bits per heavy atom. The second kappa shape index (κ2) is 4.36. The zero-order valence-electron chi connectivity index (χ0n) is 7.69. The molecule has 1 heterocycles. The Labute approximate surface area is 84.6 Å². The van der Waals surface area contributed by atoms with Crippen molar-refractivity contribution in [2.75, 3.05) is 0 Å². The van der Waals surface area contributed by atoms with Crippen LogP contribution in [0.1, 0.15) is 11.4 Å². The molecule has 0 aliphatic heterocycles. The van der Waals surface area contributed by atoms with Crippen molar-refractivity contribution < 1.29 is 14.3 Å². The fourth-order valence-corrected chi connectivity index (χ4v) is 1.57. The number of aliphatic carboxylic acids is 1. The summed E-state index contributed by atoms with van der Waals surface area (Å²) in [5.41, 5.74) is -0.633. The zero-order valence-corrected chi connectivity index (χ0v) is 8.51. The van der Waals surface area contributed by atoms with Crippen molar-refractivity contribution in [1.82, 2.24) is 9.97 Å². The summed E-state index contributed by atoms with van der Waals surface area (Å²) in [6.07, 6.45) is 0. The molecule has 0 fully saturated rings. The number of carboxylic acid groups (broad SMARTS) is 1. The fourth-order valence-electron chi connectivity index (χ4n) is 0.889.